The van der Waals surface area contributed by atoms with Gasteiger partial charge in [-0.2, -0.15) is 0 Å². The fraction of sp³-hybridized carbons (Fsp3) is 0.417. The molecular weight excluding hydrogens is 226 g/mol. The maximum absolute atomic E-state index is 11.4. The van der Waals surface area contributed by atoms with Gasteiger partial charge in [0, 0.05) is 18.1 Å². The van der Waals surface area contributed by atoms with E-state index in [1.54, 1.807) is 12.1 Å². The number of benzene rings is 1. The van der Waals surface area contributed by atoms with Crippen LogP contribution in [0.5, 0.6) is 0 Å². The van der Waals surface area contributed by atoms with Crippen LogP contribution < -0.4 is 5.32 Å². The summed E-state index contributed by atoms with van der Waals surface area (Å²) in [4.78, 5) is 11.4. The predicted molar refractivity (Wildman–Crippen MR) is 64.3 cm³/mol. The van der Waals surface area contributed by atoms with Gasteiger partial charge >= 0.3 is 0 Å². The fourth-order valence-corrected chi connectivity index (χ4v) is 1.51. The van der Waals surface area contributed by atoms with Crippen LogP contribution in [-0.2, 0) is 4.79 Å². The molecule has 0 saturated heterocycles. The number of hydrogen-bond donors (Lipinski definition) is 2. The number of nitrogens with one attached hydrogen (secondary N) is 1. The maximum Gasteiger partial charge on any atom is 0.220 e. The molecule has 1 amide bonds. The second-order valence-electron chi connectivity index (χ2n) is 3.67. The second kappa shape index (κ2) is 6.51. The van der Waals surface area contributed by atoms with E-state index in [0.29, 0.717) is 17.9 Å². The number of carbonyl (C=O) groups excluding carboxylic acids is 1. The molecule has 0 aliphatic heterocycles. The molecule has 1 aromatic rings. The number of halogens is 1. The first-order valence-electron chi connectivity index (χ1n) is 5.29. The van der Waals surface area contributed by atoms with Crippen LogP contribution in [0.3, 0.4) is 0 Å². The number of carbonyl (C=O) groups is 1. The van der Waals surface area contributed by atoms with E-state index in [1.807, 2.05) is 19.1 Å². The summed E-state index contributed by atoms with van der Waals surface area (Å²) in [6.45, 7) is 1.96. The van der Waals surface area contributed by atoms with E-state index in [2.05, 4.69) is 5.32 Å². The molecule has 0 fully saturated rings. The normalized spacial score (nSPS) is 12.2. The Labute approximate surface area is 100 Å². The molecule has 0 aromatic heterocycles. The Morgan fingerprint density at radius 1 is 1.44 bits per heavy atom. The topological polar surface area (TPSA) is 49.3 Å². The standard InChI is InChI=1S/C12H16ClNO2/c1-9(14-12(16)3-2-8-15)10-4-6-11(13)7-5-10/h4-7,9,15H,2-3,8H2,1H3,(H,14,16). The Morgan fingerprint density at radius 3 is 2.62 bits per heavy atom. The summed E-state index contributed by atoms with van der Waals surface area (Å²) < 4.78 is 0. The summed E-state index contributed by atoms with van der Waals surface area (Å²) in [5.74, 6) is -0.0449. The molecule has 0 radical (unpaired) electrons. The first-order chi connectivity index (χ1) is 7.63. The van der Waals surface area contributed by atoms with E-state index in [9.17, 15) is 4.79 Å². The number of aliphatic hydroxyl groups excluding tert-OH is 1. The van der Waals surface area contributed by atoms with Gasteiger partial charge in [-0.1, -0.05) is 23.7 Å². The lowest BCUT2D eigenvalue weighted by Gasteiger charge is -2.14. The lowest BCUT2D eigenvalue weighted by Crippen LogP contribution is -2.26. The van der Waals surface area contributed by atoms with Crippen molar-refractivity contribution >= 4 is 17.5 Å². The lowest BCUT2D eigenvalue weighted by atomic mass is 10.1. The van der Waals surface area contributed by atoms with E-state index >= 15 is 0 Å². The summed E-state index contributed by atoms with van der Waals surface area (Å²) in [6.07, 6.45) is 0.855. The Morgan fingerprint density at radius 2 is 2.06 bits per heavy atom. The minimum Gasteiger partial charge on any atom is -0.396 e. The van der Waals surface area contributed by atoms with Gasteiger partial charge in [-0.3, -0.25) is 4.79 Å². The van der Waals surface area contributed by atoms with Gasteiger partial charge in [-0.25, -0.2) is 0 Å². The number of amides is 1. The van der Waals surface area contributed by atoms with E-state index in [0.717, 1.165) is 5.56 Å². The van der Waals surface area contributed by atoms with Crippen LogP contribution in [0.2, 0.25) is 5.02 Å². The average molecular weight is 242 g/mol. The highest BCUT2D eigenvalue weighted by Crippen LogP contribution is 2.16. The molecular formula is C12H16ClNO2. The summed E-state index contributed by atoms with van der Waals surface area (Å²) >= 11 is 5.78. The van der Waals surface area contributed by atoms with Crippen molar-refractivity contribution in [2.75, 3.05) is 6.61 Å². The van der Waals surface area contributed by atoms with Crippen molar-refractivity contribution in [3.05, 3.63) is 34.9 Å². The molecule has 2 N–H and O–H groups in total. The van der Waals surface area contributed by atoms with Crippen molar-refractivity contribution < 1.29 is 9.90 Å². The molecule has 1 aromatic carbocycles. The molecule has 0 aliphatic rings. The SMILES string of the molecule is CC(NC(=O)CCCO)c1ccc(Cl)cc1. The molecule has 88 valence electrons. The zero-order chi connectivity index (χ0) is 12.0. The monoisotopic (exact) mass is 241 g/mol. The molecule has 4 heteroatoms. The third-order valence-electron chi connectivity index (χ3n) is 2.31. The van der Waals surface area contributed by atoms with Crippen LogP contribution in [0.4, 0.5) is 0 Å². The Hall–Kier alpha value is -1.06. The number of hydrogen-bond acceptors (Lipinski definition) is 2. The van der Waals surface area contributed by atoms with Gasteiger partial charge in [0.05, 0.1) is 6.04 Å². The summed E-state index contributed by atoms with van der Waals surface area (Å²) in [5, 5.41) is 12.1. The molecule has 0 bridgehead atoms. The van der Waals surface area contributed by atoms with Gasteiger partial charge in [0.15, 0.2) is 0 Å². The van der Waals surface area contributed by atoms with Gasteiger partial charge in [-0.05, 0) is 31.0 Å². The molecule has 1 rings (SSSR count). The highest BCUT2D eigenvalue weighted by atomic mass is 35.5. The van der Waals surface area contributed by atoms with Crippen LogP contribution in [-0.4, -0.2) is 17.6 Å². The molecule has 0 saturated carbocycles. The molecule has 0 spiro atoms. The Kier molecular flexibility index (Phi) is 5.29. The van der Waals surface area contributed by atoms with Crippen molar-refractivity contribution in [2.24, 2.45) is 0 Å². The van der Waals surface area contributed by atoms with Crippen molar-refractivity contribution in [3.8, 4) is 0 Å². The average Bonchev–Trinajstić information content (AvgIpc) is 2.27. The predicted octanol–water partition coefficient (Wildman–Crippen LogP) is 2.29. The number of rotatable bonds is 5. The Balaban J connectivity index is 2.48. The number of aliphatic hydroxyl groups is 1. The van der Waals surface area contributed by atoms with Crippen LogP contribution in [0.1, 0.15) is 31.4 Å². The second-order valence-corrected chi connectivity index (χ2v) is 4.10. The quantitative estimate of drug-likeness (QED) is 0.831. The first-order valence-corrected chi connectivity index (χ1v) is 5.67. The fourth-order valence-electron chi connectivity index (χ4n) is 1.39. The highest BCUT2D eigenvalue weighted by Gasteiger charge is 2.08. The van der Waals surface area contributed by atoms with Gasteiger partial charge in [0.1, 0.15) is 0 Å². The zero-order valence-electron chi connectivity index (χ0n) is 9.24. The van der Waals surface area contributed by atoms with Gasteiger partial charge < -0.3 is 10.4 Å². The van der Waals surface area contributed by atoms with Gasteiger partial charge in [0.25, 0.3) is 0 Å². The van der Waals surface area contributed by atoms with Gasteiger partial charge in [-0.15, -0.1) is 0 Å². The van der Waals surface area contributed by atoms with Gasteiger partial charge in [0.2, 0.25) is 5.91 Å². The summed E-state index contributed by atoms with van der Waals surface area (Å²) in [6, 6.07) is 7.34. The molecule has 1 atom stereocenters. The minimum atomic E-state index is -0.0449. The third-order valence-corrected chi connectivity index (χ3v) is 2.56. The Bertz CT molecular complexity index is 337. The van der Waals surface area contributed by atoms with Crippen LogP contribution >= 0.6 is 11.6 Å². The molecule has 0 heterocycles. The van der Waals surface area contributed by atoms with Crippen molar-refractivity contribution in [3.63, 3.8) is 0 Å². The maximum atomic E-state index is 11.4. The minimum absolute atomic E-state index is 0.0385. The van der Waals surface area contributed by atoms with E-state index < -0.39 is 0 Å². The van der Waals surface area contributed by atoms with E-state index in [4.69, 9.17) is 16.7 Å². The van der Waals surface area contributed by atoms with E-state index in [1.165, 1.54) is 0 Å². The molecule has 0 aliphatic carbocycles. The highest BCUT2D eigenvalue weighted by molar-refractivity contribution is 6.30. The smallest absolute Gasteiger partial charge is 0.220 e. The zero-order valence-corrected chi connectivity index (χ0v) is 10.00. The van der Waals surface area contributed by atoms with Crippen LogP contribution in [0, 0.1) is 0 Å². The largest absolute Gasteiger partial charge is 0.396 e. The van der Waals surface area contributed by atoms with Crippen LogP contribution in [0.15, 0.2) is 24.3 Å². The lowest BCUT2D eigenvalue weighted by molar-refractivity contribution is -0.122. The molecule has 16 heavy (non-hydrogen) atoms. The van der Waals surface area contributed by atoms with Crippen molar-refractivity contribution in [1.29, 1.82) is 0 Å². The third kappa shape index (κ3) is 4.21. The molecule has 1 unspecified atom stereocenters. The first kappa shape index (κ1) is 13.0. The van der Waals surface area contributed by atoms with E-state index in [-0.39, 0.29) is 18.6 Å². The summed E-state index contributed by atoms with van der Waals surface area (Å²) in [5.41, 5.74) is 1.02. The van der Waals surface area contributed by atoms with Crippen LogP contribution in [0.25, 0.3) is 0 Å². The van der Waals surface area contributed by atoms with Crippen molar-refractivity contribution in [1.82, 2.24) is 5.32 Å². The van der Waals surface area contributed by atoms with Crippen molar-refractivity contribution in [2.45, 2.75) is 25.8 Å². The molecule has 3 nitrogen and oxygen atoms in total. The summed E-state index contributed by atoms with van der Waals surface area (Å²) in [7, 11) is 0.